The maximum absolute atomic E-state index is 13.2. The first-order valence-electron chi connectivity index (χ1n) is 12.6. The Labute approximate surface area is 228 Å². The fourth-order valence-electron chi connectivity index (χ4n) is 4.34. The van der Waals surface area contributed by atoms with Crippen LogP contribution in [0.15, 0.2) is 93.9 Å². The molecule has 1 aliphatic carbocycles. The van der Waals surface area contributed by atoms with Gasteiger partial charge in [-0.3, -0.25) is 0 Å². The minimum atomic E-state index is -0.967. The third kappa shape index (κ3) is 6.16. The number of carbonyl (C=O) groups excluding carboxylic acids is 1. The van der Waals surface area contributed by atoms with Crippen molar-refractivity contribution in [3.63, 3.8) is 0 Å². The standard InChI is InChI=1S/C29H34N5O3S/c1-6-37-27(35)26-20-24(19-22(3)29(26,4)32-31-28-30-13-18-38-28)34(23-7-9-25(36-5)10-8-23)17-16-33-14-11-21(2)12-15-33/h7-15,18-20,24H,6,16-17H2,1-5H3/q+1/b32-31+. The SMILES string of the molecule is CCOC(=O)C1=CC(N(CC[n+]2ccc(C)cc2)c2ccc(OC)cc2)C=C(C)C1(C)/N=N/c1nccs1. The van der Waals surface area contributed by atoms with Crippen LogP contribution in [0.2, 0.25) is 0 Å². The molecule has 0 saturated carbocycles. The molecule has 9 heteroatoms. The molecule has 1 aromatic carbocycles. The Morgan fingerprint density at radius 2 is 1.89 bits per heavy atom. The van der Waals surface area contributed by atoms with Crippen LogP contribution < -0.4 is 14.2 Å². The molecule has 8 nitrogen and oxygen atoms in total. The number of rotatable bonds is 10. The maximum Gasteiger partial charge on any atom is 0.336 e. The second-order valence-electron chi connectivity index (χ2n) is 9.23. The van der Waals surface area contributed by atoms with Gasteiger partial charge in [0.25, 0.3) is 0 Å². The van der Waals surface area contributed by atoms with Crippen LogP contribution in [0.4, 0.5) is 10.8 Å². The van der Waals surface area contributed by atoms with E-state index in [2.05, 4.69) is 62.2 Å². The number of hydrogen-bond acceptors (Lipinski definition) is 8. The first-order valence-corrected chi connectivity index (χ1v) is 13.5. The molecule has 0 radical (unpaired) electrons. The third-order valence-electron chi connectivity index (χ3n) is 6.72. The summed E-state index contributed by atoms with van der Waals surface area (Å²) in [7, 11) is 1.66. The van der Waals surface area contributed by atoms with Gasteiger partial charge >= 0.3 is 5.97 Å². The normalized spacial score (nSPS) is 19.1. The summed E-state index contributed by atoms with van der Waals surface area (Å²) in [6.07, 6.45) is 9.95. The van der Waals surface area contributed by atoms with Gasteiger partial charge in [0, 0.05) is 29.4 Å². The molecule has 0 N–H and O–H groups in total. The number of methoxy groups -OCH3 is 1. The van der Waals surface area contributed by atoms with Crippen molar-refractivity contribution in [1.82, 2.24) is 4.98 Å². The summed E-state index contributed by atoms with van der Waals surface area (Å²) < 4.78 is 13.0. The van der Waals surface area contributed by atoms with E-state index in [9.17, 15) is 4.79 Å². The van der Waals surface area contributed by atoms with Crippen LogP contribution in [-0.4, -0.2) is 42.8 Å². The van der Waals surface area contributed by atoms with Crippen LogP contribution in [0.3, 0.4) is 0 Å². The van der Waals surface area contributed by atoms with Crippen molar-refractivity contribution in [3.05, 3.63) is 89.2 Å². The zero-order valence-corrected chi connectivity index (χ0v) is 23.3. The van der Waals surface area contributed by atoms with E-state index in [-0.39, 0.29) is 12.6 Å². The molecule has 2 unspecified atom stereocenters. The Morgan fingerprint density at radius 1 is 1.16 bits per heavy atom. The molecule has 198 valence electrons. The average Bonchev–Trinajstić information content (AvgIpc) is 3.45. The van der Waals surface area contributed by atoms with Crippen LogP contribution in [0, 0.1) is 6.92 Å². The highest BCUT2D eigenvalue weighted by atomic mass is 32.1. The van der Waals surface area contributed by atoms with E-state index in [1.54, 1.807) is 20.2 Å². The Bertz CT molecular complexity index is 1320. The molecule has 3 aromatic rings. The first-order chi connectivity index (χ1) is 18.3. The minimum Gasteiger partial charge on any atom is -0.497 e. The van der Waals surface area contributed by atoms with Crippen LogP contribution >= 0.6 is 11.3 Å². The number of thiazole rings is 1. The Hall–Kier alpha value is -3.85. The average molecular weight is 533 g/mol. The smallest absolute Gasteiger partial charge is 0.336 e. The van der Waals surface area contributed by atoms with Crippen LogP contribution in [0.1, 0.15) is 26.3 Å². The van der Waals surface area contributed by atoms with Crippen LogP contribution in [0.5, 0.6) is 5.75 Å². The summed E-state index contributed by atoms with van der Waals surface area (Å²) in [5, 5.41) is 11.3. The van der Waals surface area contributed by atoms with Gasteiger partial charge in [-0.15, -0.1) is 16.5 Å². The molecule has 0 amide bonds. The van der Waals surface area contributed by atoms with Gasteiger partial charge in [0.15, 0.2) is 18.9 Å². The summed E-state index contributed by atoms with van der Waals surface area (Å²) in [5.41, 5.74) is 2.64. The van der Waals surface area contributed by atoms with Crippen molar-refractivity contribution in [2.24, 2.45) is 10.2 Å². The lowest BCUT2D eigenvalue weighted by atomic mass is 9.79. The Balaban J connectivity index is 1.72. The fraction of sp³-hybridized carbons (Fsp3) is 0.345. The zero-order chi connectivity index (χ0) is 27.1. The summed E-state index contributed by atoms with van der Waals surface area (Å²) in [6.45, 7) is 9.51. The van der Waals surface area contributed by atoms with Gasteiger partial charge in [-0.2, -0.15) is 5.11 Å². The lowest BCUT2D eigenvalue weighted by Gasteiger charge is -2.37. The summed E-state index contributed by atoms with van der Waals surface area (Å²) >= 11 is 1.39. The predicted octanol–water partition coefficient (Wildman–Crippen LogP) is 5.61. The lowest BCUT2D eigenvalue weighted by molar-refractivity contribution is -0.694. The van der Waals surface area contributed by atoms with Gasteiger partial charge in [0.1, 0.15) is 11.3 Å². The van der Waals surface area contributed by atoms with Gasteiger partial charge in [-0.05, 0) is 69.2 Å². The first kappa shape index (κ1) is 27.2. The molecule has 0 fully saturated rings. The molecule has 2 aromatic heterocycles. The number of benzene rings is 1. The molecule has 0 aliphatic heterocycles. The molecule has 2 atom stereocenters. The number of aryl methyl sites for hydroxylation is 1. The number of nitrogens with zero attached hydrogens (tertiary/aromatic N) is 5. The van der Waals surface area contributed by atoms with Crippen molar-refractivity contribution in [2.45, 2.75) is 45.8 Å². The monoisotopic (exact) mass is 532 g/mol. The molecule has 1 aliphatic rings. The molecule has 0 bridgehead atoms. The molecular weight excluding hydrogens is 498 g/mol. The largest absolute Gasteiger partial charge is 0.497 e. The van der Waals surface area contributed by atoms with Crippen molar-refractivity contribution >= 4 is 28.1 Å². The Kier molecular flexibility index (Phi) is 8.68. The summed E-state index contributed by atoms with van der Waals surface area (Å²) in [5.74, 6) is 0.392. The maximum atomic E-state index is 13.2. The lowest BCUT2D eigenvalue weighted by Crippen LogP contribution is -2.46. The second-order valence-corrected chi connectivity index (χ2v) is 10.1. The number of pyridine rings is 1. The molecule has 38 heavy (non-hydrogen) atoms. The van der Waals surface area contributed by atoms with E-state index in [1.165, 1.54) is 16.9 Å². The third-order valence-corrected chi connectivity index (χ3v) is 7.38. The number of hydrogen-bond donors (Lipinski definition) is 0. The fourth-order valence-corrected chi connectivity index (χ4v) is 4.79. The van der Waals surface area contributed by atoms with Crippen molar-refractivity contribution in [2.75, 3.05) is 25.2 Å². The van der Waals surface area contributed by atoms with Gasteiger partial charge in [0.2, 0.25) is 5.13 Å². The topological polar surface area (TPSA) is 80.3 Å². The highest BCUT2D eigenvalue weighted by Gasteiger charge is 2.41. The van der Waals surface area contributed by atoms with Crippen molar-refractivity contribution in [1.29, 1.82) is 0 Å². The van der Waals surface area contributed by atoms with Crippen molar-refractivity contribution in [3.8, 4) is 5.75 Å². The predicted molar refractivity (Wildman–Crippen MR) is 149 cm³/mol. The molecule has 2 heterocycles. The Morgan fingerprint density at radius 3 is 2.53 bits per heavy atom. The van der Waals surface area contributed by atoms with E-state index in [4.69, 9.17) is 9.47 Å². The number of carbonyl (C=O) groups is 1. The van der Waals surface area contributed by atoms with E-state index < -0.39 is 11.5 Å². The summed E-state index contributed by atoms with van der Waals surface area (Å²) in [6, 6.07) is 12.0. The van der Waals surface area contributed by atoms with Gasteiger partial charge in [-0.25, -0.2) is 14.3 Å². The quantitative estimate of drug-likeness (QED) is 0.147. The van der Waals surface area contributed by atoms with Crippen molar-refractivity contribution < 1.29 is 18.8 Å². The molecule has 0 spiro atoms. The zero-order valence-electron chi connectivity index (χ0n) is 22.5. The van der Waals surface area contributed by atoms with E-state index in [0.717, 1.165) is 23.6 Å². The highest BCUT2D eigenvalue weighted by Crippen LogP contribution is 2.38. The van der Waals surface area contributed by atoms with E-state index in [0.29, 0.717) is 17.2 Å². The number of ether oxygens (including phenoxy) is 2. The highest BCUT2D eigenvalue weighted by molar-refractivity contribution is 7.13. The molecule has 0 saturated heterocycles. The number of aromatic nitrogens is 2. The number of esters is 1. The van der Waals surface area contributed by atoms with Gasteiger partial charge < -0.3 is 14.4 Å². The molecular formula is C29H34N5O3S+. The molecule has 4 rings (SSSR count). The van der Waals surface area contributed by atoms with Gasteiger partial charge in [-0.1, -0.05) is 6.08 Å². The summed E-state index contributed by atoms with van der Waals surface area (Å²) in [4.78, 5) is 19.7. The number of anilines is 1. The van der Waals surface area contributed by atoms with E-state index in [1.807, 2.05) is 49.6 Å². The van der Waals surface area contributed by atoms with E-state index >= 15 is 0 Å². The van der Waals surface area contributed by atoms with Gasteiger partial charge in [0.05, 0.1) is 31.9 Å². The minimum absolute atomic E-state index is 0.197. The number of azo groups is 1. The second kappa shape index (κ2) is 12.1. The van der Waals surface area contributed by atoms with Crippen LogP contribution in [-0.2, 0) is 16.1 Å². The van der Waals surface area contributed by atoms with Crippen LogP contribution in [0.25, 0.3) is 0 Å².